The van der Waals surface area contributed by atoms with E-state index in [1.165, 1.54) is 0 Å². The van der Waals surface area contributed by atoms with Gasteiger partial charge in [-0.15, -0.1) is 0 Å². The Morgan fingerprint density at radius 1 is 1.05 bits per heavy atom. The van der Waals surface area contributed by atoms with Gasteiger partial charge in [-0.05, 0) is 57.7 Å². The molecule has 0 bridgehead atoms. The number of aromatic nitrogens is 3. The molecule has 1 amide bonds. The number of likely N-dealkylation sites (tertiary alicyclic amines) is 1. The van der Waals surface area contributed by atoms with Crippen LogP contribution in [0.3, 0.4) is 0 Å². The van der Waals surface area contributed by atoms with Gasteiger partial charge in [0, 0.05) is 50.6 Å². The second kappa shape index (κ2) is 11.8. The minimum absolute atomic E-state index is 0.0118. The number of hydrogen-bond acceptors (Lipinski definition) is 8. The first kappa shape index (κ1) is 27.9. The van der Waals surface area contributed by atoms with Crippen molar-refractivity contribution < 1.29 is 19.0 Å². The van der Waals surface area contributed by atoms with Gasteiger partial charge in [0.15, 0.2) is 11.5 Å². The lowest BCUT2D eigenvalue weighted by molar-refractivity contribution is 0.00529. The zero-order valence-electron chi connectivity index (χ0n) is 23.9. The number of nitrogens with zero attached hydrogens (tertiary/aromatic N) is 5. The van der Waals surface area contributed by atoms with E-state index in [1.807, 2.05) is 37.6 Å². The number of ether oxygens (including phenoxy) is 3. The molecule has 1 saturated heterocycles. The molecule has 10 nitrogen and oxygen atoms in total. The highest BCUT2D eigenvalue weighted by molar-refractivity contribution is 5.75. The third kappa shape index (κ3) is 6.55. The summed E-state index contributed by atoms with van der Waals surface area (Å²) < 4.78 is 18.9. The van der Waals surface area contributed by atoms with Crippen LogP contribution in [0.4, 0.5) is 4.79 Å². The number of hydrogen-bond donors (Lipinski definition) is 0. The minimum atomic E-state index is -0.603. The maximum atomic E-state index is 13.3. The predicted octanol–water partition coefficient (Wildman–Crippen LogP) is 4.03. The van der Waals surface area contributed by atoms with Gasteiger partial charge < -0.3 is 23.7 Å². The average molecular weight is 550 g/mol. The van der Waals surface area contributed by atoms with E-state index in [-0.39, 0.29) is 17.7 Å². The first-order valence-corrected chi connectivity index (χ1v) is 14.1. The summed E-state index contributed by atoms with van der Waals surface area (Å²) >= 11 is 0. The number of piperidine rings is 1. The van der Waals surface area contributed by atoms with Gasteiger partial charge >= 0.3 is 6.09 Å². The van der Waals surface area contributed by atoms with Gasteiger partial charge in [-0.1, -0.05) is 6.92 Å². The van der Waals surface area contributed by atoms with E-state index in [2.05, 4.69) is 27.9 Å². The number of carbonyl (C=O) groups is 1. The highest BCUT2D eigenvalue weighted by Crippen LogP contribution is 2.30. The Balaban J connectivity index is 1.26. The van der Waals surface area contributed by atoms with E-state index in [0.29, 0.717) is 37.8 Å². The van der Waals surface area contributed by atoms with Crippen molar-refractivity contribution in [3.05, 3.63) is 58.3 Å². The molecule has 0 unspecified atom stereocenters. The lowest BCUT2D eigenvalue weighted by Crippen LogP contribution is -2.49. The van der Waals surface area contributed by atoms with Crippen LogP contribution in [0.2, 0.25) is 0 Å². The number of fused-ring (bicyclic) bond motifs is 2. The van der Waals surface area contributed by atoms with E-state index in [9.17, 15) is 9.59 Å². The predicted molar refractivity (Wildman–Crippen MR) is 152 cm³/mol. The van der Waals surface area contributed by atoms with Crippen molar-refractivity contribution in [3.63, 3.8) is 0 Å². The SMILES string of the molecule is CCc1cnc2ccc(=O)n(CCN3CCC(N(Cc4cc5c(cn4)OCCO5)C(=O)OC(C)(C)C)CC3)c2c1. The van der Waals surface area contributed by atoms with Gasteiger partial charge in [-0.25, -0.2) is 4.79 Å². The molecule has 0 spiro atoms. The van der Waals surface area contributed by atoms with Crippen LogP contribution in [-0.4, -0.2) is 74.9 Å². The Kier molecular flexibility index (Phi) is 8.25. The largest absolute Gasteiger partial charge is 0.486 e. The Morgan fingerprint density at radius 2 is 1.80 bits per heavy atom. The van der Waals surface area contributed by atoms with Crippen molar-refractivity contribution in [1.82, 2.24) is 24.3 Å². The van der Waals surface area contributed by atoms with Crippen molar-refractivity contribution in [2.75, 3.05) is 32.8 Å². The first-order valence-electron chi connectivity index (χ1n) is 14.1. The molecule has 0 aromatic carbocycles. The lowest BCUT2D eigenvalue weighted by atomic mass is 10.0. The summed E-state index contributed by atoms with van der Waals surface area (Å²) in [4.78, 5) is 39.3. The van der Waals surface area contributed by atoms with Crippen LogP contribution in [0, 0.1) is 0 Å². The molecule has 5 heterocycles. The molecule has 3 aromatic rings. The number of pyridine rings is 3. The number of carbonyl (C=O) groups excluding carboxylic acids is 1. The molecule has 0 N–H and O–H groups in total. The molecule has 0 atom stereocenters. The minimum Gasteiger partial charge on any atom is -0.486 e. The van der Waals surface area contributed by atoms with E-state index < -0.39 is 5.60 Å². The normalized spacial score (nSPS) is 16.2. The molecule has 3 aromatic heterocycles. The highest BCUT2D eigenvalue weighted by Gasteiger charge is 2.32. The van der Waals surface area contributed by atoms with Crippen LogP contribution in [-0.2, 0) is 24.2 Å². The van der Waals surface area contributed by atoms with Gasteiger partial charge in [0.25, 0.3) is 5.56 Å². The summed E-state index contributed by atoms with van der Waals surface area (Å²) in [7, 11) is 0. The smallest absolute Gasteiger partial charge is 0.410 e. The summed E-state index contributed by atoms with van der Waals surface area (Å²) in [6, 6.07) is 7.32. The monoisotopic (exact) mass is 549 g/mol. The van der Waals surface area contributed by atoms with E-state index >= 15 is 0 Å². The standard InChI is InChI=1S/C30H39N5O5/c1-5-21-16-25-24(32-18-21)6-7-28(36)34(25)13-12-33-10-8-23(9-11-33)35(29(37)40-30(2,3)4)20-22-17-26-27(19-31-22)39-15-14-38-26/h6-7,16-19,23H,5,8-15,20H2,1-4H3. The lowest BCUT2D eigenvalue weighted by Gasteiger charge is -2.39. The van der Waals surface area contributed by atoms with Crippen LogP contribution in [0.5, 0.6) is 11.5 Å². The fraction of sp³-hybridized carbons (Fsp3) is 0.533. The second-order valence-corrected chi connectivity index (χ2v) is 11.4. The third-order valence-corrected chi connectivity index (χ3v) is 7.39. The molecule has 1 fully saturated rings. The maximum Gasteiger partial charge on any atom is 0.410 e. The van der Waals surface area contributed by atoms with Crippen molar-refractivity contribution in [2.24, 2.45) is 0 Å². The van der Waals surface area contributed by atoms with Crippen molar-refractivity contribution in [2.45, 2.75) is 71.7 Å². The van der Waals surface area contributed by atoms with Crippen LogP contribution < -0.4 is 15.0 Å². The highest BCUT2D eigenvalue weighted by atomic mass is 16.6. The fourth-order valence-electron chi connectivity index (χ4n) is 5.24. The molecule has 0 aliphatic carbocycles. The Labute approximate surface area is 234 Å². The van der Waals surface area contributed by atoms with Crippen molar-refractivity contribution in [1.29, 1.82) is 0 Å². The second-order valence-electron chi connectivity index (χ2n) is 11.4. The van der Waals surface area contributed by atoms with Gasteiger partial charge in [0.1, 0.15) is 18.8 Å². The molecule has 10 heteroatoms. The van der Waals surface area contributed by atoms with Gasteiger partial charge in [-0.3, -0.25) is 19.7 Å². The van der Waals surface area contributed by atoms with Gasteiger partial charge in [-0.2, -0.15) is 0 Å². The van der Waals surface area contributed by atoms with Crippen LogP contribution in [0.15, 0.2) is 41.5 Å². The van der Waals surface area contributed by atoms with Crippen LogP contribution >= 0.6 is 0 Å². The summed E-state index contributed by atoms with van der Waals surface area (Å²) in [5, 5.41) is 0. The molecular formula is C30H39N5O5. The molecule has 0 saturated carbocycles. The summed E-state index contributed by atoms with van der Waals surface area (Å²) in [6.07, 6.45) is 5.66. The molecule has 2 aliphatic heterocycles. The molecule has 0 radical (unpaired) electrons. The molecule has 214 valence electrons. The fourth-order valence-corrected chi connectivity index (χ4v) is 5.24. The number of aryl methyl sites for hydroxylation is 1. The molecular weight excluding hydrogens is 510 g/mol. The Bertz CT molecular complexity index is 1410. The van der Waals surface area contributed by atoms with E-state index in [1.54, 1.807) is 23.2 Å². The van der Waals surface area contributed by atoms with Crippen LogP contribution in [0.25, 0.3) is 11.0 Å². The molecule has 5 rings (SSSR count). The average Bonchev–Trinajstić information content (AvgIpc) is 2.94. The summed E-state index contributed by atoms with van der Waals surface area (Å²) in [5.74, 6) is 1.28. The summed E-state index contributed by atoms with van der Waals surface area (Å²) in [5.41, 5.74) is 2.94. The summed E-state index contributed by atoms with van der Waals surface area (Å²) in [6.45, 7) is 12.0. The quantitative estimate of drug-likeness (QED) is 0.436. The number of amides is 1. The van der Waals surface area contributed by atoms with E-state index in [4.69, 9.17) is 14.2 Å². The van der Waals surface area contributed by atoms with Gasteiger partial charge in [0.2, 0.25) is 0 Å². The third-order valence-electron chi connectivity index (χ3n) is 7.39. The number of rotatable bonds is 7. The zero-order chi connectivity index (χ0) is 28.3. The Morgan fingerprint density at radius 3 is 2.52 bits per heavy atom. The van der Waals surface area contributed by atoms with Gasteiger partial charge in [0.05, 0.1) is 29.5 Å². The maximum absolute atomic E-state index is 13.3. The zero-order valence-corrected chi connectivity index (χ0v) is 23.9. The van der Waals surface area contributed by atoms with Crippen molar-refractivity contribution >= 4 is 17.1 Å². The topological polar surface area (TPSA) is 99.0 Å². The molecule has 40 heavy (non-hydrogen) atoms. The Hall–Kier alpha value is -3.66. The van der Waals surface area contributed by atoms with E-state index in [0.717, 1.165) is 61.2 Å². The van der Waals surface area contributed by atoms with Crippen LogP contribution in [0.1, 0.15) is 51.8 Å². The van der Waals surface area contributed by atoms with Crippen molar-refractivity contribution in [3.8, 4) is 11.5 Å². The first-order chi connectivity index (χ1) is 19.2. The molecule has 2 aliphatic rings.